The maximum Gasteiger partial charge on any atom is 0.135 e. The molecule has 7 heteroatoms. The topological polar surface area (TPSA) is 78.7 Å². The first kappa shape index (κ1) is 16.9. The van der Waals surface area contributed by atoms with Crippen LogP contribution in [0.2, 0.25) is 0 Å². The van der Waals surface area contributed by atoms with Gasteiger partial charge < -0.3 is 19.5 Å². The highest BCUT2D eigenvalue weighted by molar-refractivity contribution is 7.11. The van der Waals surface area contributed by atoms with Crippen molar-refractivity contribution in [1.82, 2.24) is 9.88 Å². The number of benzene rings is 1. The van der Waals surface area contributed by atoms with Crippen LogP contribution in [-0.4, -0.2) is 48.1 Å². The largest absolute Gasteiger partial charge is 0.510 e. The third-order valence-electron chi connectivity index (χ3n) is 4.76. The van der Waals surface area contributed by atoms with E-state index in [9.17, 15) is 5.11 Å². The second kappa shape index (κ2) is 6.64. The first-order valence-electron chi connectivity index (χ1n) is 8.55. The predicted molar refractivity (Wildman–Crippen MR) is 102 cm³/mol. The molecule has 2 aromatic rings. The minimum Gasteiger partial charge on any atom is -0.510 e. The van der Waals surface area contributed by atoms with Gasteiger partial charge in [0.25, 0.3) is 0 Å². The molecule has 1 aliphatic carbocycles. The maximum atomic E-state index is 10.4. The van der Waals surface area contributed by atoms with Crippen molar-refractivity contribution in [3.8, 4) is 22.8 Å². The fourth-order valence-electron chi connectivity index (χ4n) is 3.15. The number of thiazole rings is 1. The summed E-state index contributed by atoms with van der Waals surface area (Å²) < 4.78 is 10.7. The van der Waals surface area contributed by atoms with Crippen molar-refractivity contribution < 1.29 is 14.6 Å². The Hall–Kier alpha value is -2.54. The third-order valence-corrected chi connectivity index (χ3v) is 5.62. The Morgan fingerprint density at radius 1 is 1.31 bits per heavy atom. The normalized spacial score (nSPS) is 17.2. The zero-order chi connectivity index (χ0) is 18.3. The summed E-state index contributed by atoms with van der Waals surface area (Å²) in [7, 11) is 3.24. The van der Waals surface area contributed by atoms with Gasteiger partial charge >= 0.3 is 0 Å². The Bertz CT molecular complexity index is 886. The van der Waals surface area contributed by atoms with Crippen LogP contribution in [0.15, 0.2) is 29.3 Å². The molecular formula is C19H21N3O3S. The Morgan fingerprint density at radius 3 is 2.81 bits per heavy atom. The molecule has 1 aliphatic heterocycles. The van der Waals surface area contributed by atoms with E-state index in [1.807, 2.05) is 28.5 Å². The van der Waals surface area contributed by atoms with Crippen molar-refractivity contribution in [3.05, 3.63) is 34.3 Å². The standard InChI is InChI=1S/C19H21N3O3S/c1-24-12-5-6-16(25-2)13(7-12)14-10-26-19(21-14)17-15(23)9-22(18(17)20)8-11-3-4-11/h5-7,10-11,20,23H,3-4,8-9H2,1-2H3. The van der Waals surface area contributed by atoms with Crippen molar-refractivity contribution in [3.63, 3.8) is 0 Å². The summed E-state index contributed by atoms with van der Waals surface area (Å²) in [6.45, 7) is 1.25. The van der Waals surface area contributed by atoms with Crippen molar-refractivity contribution in [2.45, 2.75) is 12.8 Å². The minimum atomic E-state index is 0.231. The molecule has 0 unspecified atom stereocenters. The minimum absolute atomic E-state index is 0.231. The van der Waals surface area contributed by atoms with E-state index in [4.69, 9.17) is 14.9 Å². The quantitative estimate of drug-likeness (QED) is 0.807. The van der Waals surface area contributed by atoms with E-state index in [-0.39, 0.29) is 5.76 Å². The van der Waals surface area contributed by atoms with E-state index >= 15 is 0 Å². The summed E-state index contributed by atoms with van der Waals surface area (Å²) in [6.07, 6.45) is 2.44. The van der Waals surface area contributed by atoms with E-state index in [1.165, 1.54) is 24.2 Å². The molecule has 6 nitrogen and oxygen atoms in total. The summed E-state index contributed by atoms with van der Waals surface area (Å²) in [6, 6.07) is 5.57. The third kappa shape index (κ3) is 3.03. The lowest BCUT2D eigenvalue weighted by Gasteiger charge is -2.17. The van der Waals surface area contributed by atoms with Crippen LogP contribution in [0.3, 0.4) is 0 Å². The Morgan fingerprint density at radius 2 is 2.12 bits per heavy atom. The lowest BCUT2D eigenvalue weighted by Crippen LogP contribution is -2.28. The zero-order valence-corrected chi connectivity index (χ0v) is 15.6. The van der Waals surface area contributed by atoms with Crippen LogP contribution < -0.4 is 9.47 Å². The number of ether oxygens (including phenoxy) is 2. The summed E-state index contributed by atoms with van der Waals surface area (Å²) in [5.74, 6) is 2.69. The number of hydrogen-bond acceptors (Lipinski definition) is 6. The average molecular weight is 371 g/mol. The number of hydrogen-bond donors (Lipinski definition) is 2. The fraction of sp³-hybridized carbons (Fsp3) is 0.368. The molecule has 4 rings (SSSR count). The zero-order valence-electron chi connectivity index (χ0n) is 14.8. The number of nitrogens with one attached hydrogen (secondary N) is 1. The van der Waals surface area contributed by atoms with Crippen LogP contribution in [0.5, 0.6) is 11.5 Å². The van der Waals surface area contributed by atoms with Crippen LogP contribution in [0, 0.1) is 11.3 Å². The number of aliphatic hydroxyl groups is 1. The molecule has 2 aliphatic rings. The van der Waals surface area contributed by atoms with Gasteiger partial charge in [0, 0.05) is 17.5 Å². The molecule has 0 atom stereocenters. The van der Waals surface area contributed by atoms with Gasteiger partial charge in [-0.3, -0.25) is 5.41 Å². The van der Waals surface area contributed by atoms with E-state index in [0.29, 0.717) is 34.6 Å². The smallest absolute Gasteiger partial charge is 0.135 e. The van der Waals surface area contributed by atoms with Gasteiger partial charge in [0.05, 0.1) is 32.0 Å². The Kier molecular flexibility index (Phi) is 4.32. The van der Waals surface area contributed by atoms with Crippen LogP contribution in [0.1, 0.15) is 17.8 Å². The molecule has 26 heavy (non-hydrogen) atoms. The molecule has 0 amide bonds. The average Bonchev–Trinajstić information content (AvgIpc) is 3.26. The fourth-order valence-corrected chi connectivity index (χ4v) is 4.04. The van der Waals surface area contributed by atoms with Crippen LogP contribution in [-0.2, 0) is 0 Å². The Labute approximate surface area is 156 Å². The number of aromatic nitrogens is 1. The molecule has 1 fully saturated rings. The van der Waals surface area contributed by atoms with Gasteiger partial charge in [-0.15, -0.1) is 11.3 Å². The lowest BCUT2D eigenvalue weighted by molar-refractivity contribution is 0.343. The molecule has 2 heterocycles. The molecule has 0 spiro atoms. The summed E-state index contributed by atoms with van der Waals surface area (Å²) in [5.41, 5.74) is 2.12. The summed E-state index contributed by atoms with van der Waals surface area (Å²) >= 11 is 1.43. The SMILES string of the molecule is COc1ccc(OC)c(-c2csc(C3=C(O)CN(CC4CC4)C3=N)n2)c1. The van der Waals surface area contributed by atoms with Crippen molar-refractivity contribution in [2.75, 3.05) is 27.3 Å². The molecule has 1 saturated carbocycles. The van der Waals surface area contributed by atoms with Gasteiger partial charge in [0.15, 0.2) is 0 Å². The molecule has 2 N–H and O–H groups in total. The number of aliphatic hydroxyl groups excluding tert-OH is 1. The van der Waals surface area contributed by atoms with E-state index in [2.05, 4.69) is 4.98 Å². The highest BCUT2D eigenvalue weighted by Crippen LogP contribution is 2.38. The van der Waals surface area contributed by atoms with Gasteiger partial charge in [-0.05, 0) is 37.0 Å². The van der Waals surface area contributed by atoms with Crippen LogP contribution in [0.4, 0.5) is 0 Å². The highest BCUT2D eigenvalue weighted by atomic mass is 32.1. The van der Waals surface area contributed by atoms with Crippen molar-refractivity contribution >= 4 is 22.7 Å². The number of methoxy groups -OCH3 is 2. The van der Waals surface area contributed by atoms with E-state index in [1.54, 1.807) is 14.2 Å². The molecular weight excluding hydrogens is 350 g/mol. The van der Waals surface area contributed by atoms with Gasteiger partial charge in [0.1, 0.15) is 28.1 Å². The number of nitrogens with zero attached hydrogens (tertiary/aromatic N) is 2. The lowest BCUT2D eigenvalue weighted by atomic mass is 10.1. The molecule has 0 bridgehead atoms. The first-order chi connectivity index (χ1) is 12.6. The summed E-state index contributed by atoms with van der Waals surface area (Å²) in [4.78, 5) is 6.61. The number of amidine groups is 1. The molecule has 1 aromatic heterocycles. The van der Waals surface area contributed by atoms with Gasteiger partial charge in [-0.1, -0.05) is 0 Å². The van der Waals surface area contributed by atoms with Crippen LogP contribution in [0.25, 0.3) is 16.8 Å². The monoisotopic (exact) mass is 371 g/mol. The molecule has 0 radical (unpaired) electrons. The van der Waals surface area contributed by atoms with E-state index < -0.39 is 0 Å². The summed E-state index contributed by atoms with van der Waals surface area (Å²) in [5, 5.41) is 21.4. The van der Waals surface area contributed by atoms with Gasteiger partial charge in [-0.25, -0.2) is 4.98 Å². The first-order valence-corrected chi connectivity index (χ1v) is 9.43. The van der Waals surface area contributed by atoms with Crippen LogP contribution >= 0.6 is 11.3 Å². The Balaban J connectivity index is 1.64. The second-order valence-corrected chi connectivity index (χ2v) is 7.46. The molecule has 0 saturated heterocycles. The molecule has 1 aromatic carbocycles. The maximum absolute atomic E-state index is 10.4. The van der Waals surface area contributed by atoms with E-state index in [0.717, 1.165) is 23.6 Å². The number of rotatable bonds is 6. The van der Waals surface area contributed by atoms with Gasteiger partial charge in [0.2, 0.25) is 0 Å². The molecule has 136 valence electrons. The predicted octanol–water partition coefficient (Wildman–Crippen LogP) is 3.80. The van der Waals surface area contributed by atoms with Gasteiger partial charge in [-0.2, -0.15) is 0 Å². The van der Waals surface area contributed by atoms with Crippen molar-refractivity contribution in [1.29, 1.82) is 5.41 Å². The van der Waals surface area contributed by atoms with Crippen molar-refractivity contribution in [2.24, 2.45) is 5.92 Å². The highest BCUT2D eigenvalue weighted by Gasteiger charge is 2.34. The second-order valence-electron chi connectivity index (χ2n) is 6.60.